The van der Waals surface area contributed by atoms with Crippen LogP contribution in [-0.2, 0) is 6.54 Å². The van der Waals surface area contributed by atoms with Crippen molar-refractivity contribution < 1.29 is 4.39 Å². The molecule has 0 aliphatic carbocycles. The van der Waals surface area contributed by atoms with Gasteiger partial charge in [0.1, 0.15) is 5.82 Å². The fourth-order valence-corrected chi connectivity index (χ4v) is 2.65. The van der Waals surface area contributed by atoms with E-state index in [2.05, 4.69) is 10.3 Å². The number of hydrogen-bond acceptors (Lipinski definition) is 3. The Balaban J connectivity index is 2.14. The van der Waals surface area contributed by atoms with Crippen LogP contribution in [0, 0.1) is 19.7 Å². The third-order valence-electron chi connectivity index (χ3n) is 2.46. The summed E-state index contributed by atoms with van der Waals surface area (Å²) in [6.45, 7) is 4.42. The van der Waals surface area contributed by atoms with Gasteiger partial charge in [-0.05, 0) is 37.1 Å². The molecule has 0 saturated heterocycles. The Bertz CT molecular complexity index is 516. The molecule has 1 N–H and O–H groups in total. The number of benzene rings is 1. The largest absolute Gasteiger partial charge is 0.380 e. The molecular formula is C12H12ClFN2S. The summed E-state index contributed by atoms with van der Waals surface area (Å²) in [7, 11) is 0. The maximum Gasteiger partial charge on any atom is 0.183 e. The monoisotopic (exact) mass is 270 g/mol. The Morgan fingerprint density at radius 2 is 2.00 bits per heavy atom. The molecule has 0 unspecified atom stereocenters. The van der Waals surface area contributed by atoms with Crippen LogP contribution in [0.25, 0.3) is 0 Å². The minimum absolute atomic E-state index is 0.202. The summed E-state index contributed by atoms with van der Waals surface area (Å²) < 4.78 is 13.7. The van der Waals surface area contributed by atoms with Gasteiger partial charge in [0, 0.05) is 16.8 Å². The molecule has 0 fully saturated rings. The van der Waals surface area contributed by atoms with Gasteiger partial charge in [-0.25, -0.2) is 9.37 Å². The first-order valence-electron chi connectivity index (χ1n) is 5.17. The summed E-state index contributed by atoms with van der Waals surface area (Å²) in [6.07, 6.45) is 1.74. The molecule has 1 aromatic heterocycles. The van der Waals surface area contributed by atoms with Crippen LogP contribution in [0.15, 0.2) is 18.3 Å². The standard InChI is InChI=1S/C12H12ClFN2S/c1-7-3-9(14)4-8(2)11(7)15-5-10-6-16-12(13)17-10/h3-4,6,15H,5H2,1-2H3. The molecule has 0 aliphatic rings. The number of halogens is 2. The molecule has 5 heteroatoms. The predicted molar refractivity (Wildman–Crippen MR) is 70.3 cm³/mol. The molecule has 2 nitrogen and oxygen atoms in total. The molecule has 0 saturated carbocycles. The number of anilines is 1. The number of aromatic nitrogens is 1. The van der Waals surface area contributed by atoms with Gasteiger partial charge in [-0.3, -0.25) is 0 Å². The summed E-state index contributed by atoms with van der Waals surface area (Å²) in [4.78, 5) is 5.03. The Hall–Kier alpha value is -1.13. The average Bonchev–Trinajstić information content (AvgIpc) is 2.62. The van der Waals surface area contributed by atoms with Crippen molar-refractivity contribution in [1.29, 1.82) is 0 Å². The van der Waals surface area contributed by atoms with E-state index in [1.54, 1.807) is 6.20 Å². The van der Waals surface area contributed by atoms with E-state index < -0.39 is 0 Å². The van der Waals surface area contributed by atoms with Crippen molar-refractivity contribution >= 4 is 28.6 Å². The van der Waals surface area contributed by atoms with Crippen molar-refractivity contribution in [2.24, 2.45) is 0 Å². The molecule has 0 spiro atoms. The van der Waals surface area contributed by atoms with Gasteiger partial charge in [-0.1, -0.05) is 11.6 Å². The summed E-state index contributed by atoms with van der Waals surface area (Å²) in [5, 5.41) is 3.28. The highest BCUT2D eigenvalue weighted by atomic mass is 35.5. The van der Waals surface area contributed by atoms with Crippen LogP contribution < -0.4 is 5.32 Å². The van der Waals surface area contributed by atoms with Crippen molar-refractivity contribution in [3.8, 4) is 0 Å². The van der Waals surface area contributed by atoms with E-state index in [0.29, 0.717) is 11.0 Å². The topological polar surface area (TPSA) is 24.9 Å². The highest BCUT2D eigenvalue weighted by Gasteiger charge is 2.06. The highest BCUT2D eigenvalue weighted by molar-refractivity contribution is 7.15. The van der Waals surface area contributed by atoms with Crippen molar-refractivity contribution in [3.05, 3.63) is 44.6 Å². The number of aryl methyl sites for hydroxylation is 2. The average molecular weight is 271 g/mol. The van der Waals surface area contributed by atoms with Crippen molar-refractivity contribution in [2.45, 2.75) is 20.4 Å². The fourth-order valence-electron chi connectivity index (χ4n) is 1.73. The number of nitrogens with one attached hydrogen (secondary N) is 1. The van der Waals surface area contributed by atoms with Crippen LogP contribution in [0.1, 0.15) is 16.0 Å². The van der Waals surface area contributed by atoms with Gasteiger partial charge in [0.25, 0.3) is 0 Å². The molecule has 0 aliphatic heterocycles. The lowest BCUT2D eigenvalue weighted by atomic mass is 10.1. The molecule has 0 atom stereocenters. The highest BCUT2D eigenvalue weighted by Crippen LogP contribution is 2.24. The summed E-state index contributed by atoms with van der Waals surface area (Å²) >= 11 is 7.20. The molecule has 1 aromatic carbocycles. The molecule has 2 rings (SSSR count). The molecule has 0 radical (unpaired) electrons. The first-order valence-corrected chi connectivity index (χ1v) is 6.36. The zero-order chi connectivity index (χ0) is 12.4. The second-order valence-electron chi connectivity index (χ2n) is 3.85. The second-order valence-corrected chi connectivity index (χ2v) is 5.54. The van der Waals surface area contributed by atoms with E-state index in [4.69, 9.17) is 11.6 Å². The van der Waals surface area contributed by atoms with Gasteiger partial charge in [-0.2, -0.15) is 0 Å². The van der Waals surface area contributed by atoms with Crippen LogP contribution in [-0.4, -0.2) is 4.98 Å². The number of rotatable bonds is 3. The Labute approximate surface area is 108 Å². The summed E-state index contributed by atoms with van der Waals surface area (Å²) in [5.41, 5.74) is 2.77. The molecule has 90 valence electrons. The Morgan fingerprint density at radius 1 is 1.35 bits per heavy atom. The number of hydrogen-bond donors (Lipinski definition) is 1. The first kappa shape index (κ1) is 12.3. The van der Waals surface area contributed by atoms with Gasteiger partial charge >= 0.3 is 0 Å². The van der Waals surface area contributed by atoms with Crippen molar-refractivity contribution in [1.82, 2.24) is 4.98 Å². The van der Waals surface area contributed by atoms with Crippen molar-refractivity contribution in [2.75, 3.05) is 5.32 Å². The number of thiazole rings is 1. The van der Waals surface area contributed by atoms with Gasteiger partial charge in [0.05, 0.1) is 6.54 Å². The molecule has 1 heterocycles. The second kappa shape index (κ2) is 5.02. The maximum absolute atomic E-state index is 13.1. The lowest BCUT2D eigenvalue weighted by Crippen LogP contribution is -2.02. The van der Waals surface area contributed by atoms with Gasteiger partial charge in [0.15, 0.2) is 4.47 Å². The van der Waals surface area contributed by atoms with Gasteiger partial charge < -0.3 is 5.32 Å². The van der Waals surface area contributed by atoms with Crippen LogP contribution in [0.3, 0.4) is 0 Å². The zero-order valence-corrected chi connectivity index (χ0v) is 11.1. The zero-order valence-electron chi connectivity index (χ0n) is 9.55. The van der Waals surface area contributed by atoms with Crippen LogP contribution in [0.5, 0.6) is 0 Å². The minimum atomic E-state index is -0.202. The smallest absolute Gasteiger partial charge is 0.183 e. The van der Waals surface area contributed by atoms with Crippen LogP contribution >= 0.6 is 22.9 Å². The number of nitrogens with zero attached hydrogens (tertiary/aromatic N) is 1. The van der Waals surface area contributed by atoms with Crippen molar-refractivity contribution in [3.63, 3.8) is 0 Å². The fraction of sp³-hybridized carbons (Fsp3) is 0.250. The Kier molecular flexibility index (Phi) is 3.64. The quantitative estimate of drug-likeness (QED) is 0.906. The van der Waals surface area contributed by atoms with Crippen LogP contribution in [0.2, 0.25) is 4.47 Å². The molecule has 0 amide bonds. The third kappa shape index (κ3) is 2.96. The van der Waals surface area contributed by atoms with E-state index in [1.165, 1.54) is 23.5 Å². The minimum Gasteiger partial charge on any atom is -0.380 e. The lowest BCUT2D eigenvalue weighted by molar-refractivity contribution is 0.625. The van der Waals surface area contributed by atoms with Gasteiger partial charge in [-0.15, -0.1) is 11.3 Å². The van der Waals surface area contributed by atoms with Gasteiger partial charge in [0.2, 0.25) is 0 Å². The summed E-state index contributed by atoms with van der Waals surface area (Å²) in [6, 6.07) is 3.05. The first-order chi connectivity index (χ1) is 8.06. The van der Waals surface area contributed by atoms with Crippen LogP contribution in [0.4, 0.5) is 10.1 Å². The Morgan fingerprint density at radius 3 is 2.53 bits per heavy atom. The third-order valence-corrected chi connectivity index (χ3v) is 3.58. The van der Waals surface area contributed by atoms with E-state index in [9.17, 15) is 4.39 Å². The van der Waals surface area contributed by atoms with E-state index >= 15 is 0 Å². The molecule has 0 bridgehead atoms. The lowest BCUT2D eigenvalue weighted by Gasteiger charge is -2.11. The van der Waals surface area contributed by atoms with E-state index in [-0.39, 0.29) is 5.82 Å². The normalized spacial score (nSPS) is 10.6. The molecular weight excluding hydrogens is 259 g/mol. The van der Waals surface area contributed by atoms with E-state index in [0.717, 1.165) is 21.7 Å². The predicted octanol–water partition coefficient (Wildman–Crippen LogP) is 4.16. The molecule has 17 heavy (non-hydrogen) atoms. The SMILES string of the molecule is Cc1cc(F)cc(C)c1NCc1cnc(Cl)s1. The van der Waals surface area contributed by atoms with E-state index in [1.807, 2.05) is 13.8 Å². The maximum atomic E-state index is 13.1. The molecule has 2 aromatic rings. The summed E-state index contributed by atoms with van der Waals surface area (Å²) in [5.74, 6) is -0.202.